The van der Waals surface area contributed by atoms with Crippen molar-refractivity contribution in [2.45, 2.75) is 19.9 Å². The minimum atomic E-state index is -0.0765. The highest BCUT2D eigenvalue weighted by atomic mass is 16.5. The molecule has 3 heterocycles. The van der Waals surface area contributed by atoms with Crippen molar-refractivity contribution in [3.63, 3.8) is 0 Å². The fraction of sp³-hybridized carbons (Fsp3) is 0.174. The van der Waals surface area contributed by atoms with Gasteiger partial charge >= 0.3 is 0 Å². The van der Waals surface area contributed by atoms with Gasteiger partial charge in [-0.1, -0.05) is 6.07 Å². The summed E-state index contributed by atoms with van der Waals surface area (Å²) in [5.74, 6) is 0.571. The van der Waals surface area contributed by atoms with Gasteiger partial charge in [0.1, 0.15) is 11.4 Å². The highest BCUT2D eigenvalue weighted by Crippen LogP contribution is 2.28. The van der Waals surface area contributed by atoms with E-state index in [1.165, 1.54) is 0 Å². The maximum absolute atomic E-state index is 12.7. The van der Waals surface area contributed by atoms with E-state index < -0.39 is 0 Å². The molecule has 6 heteroatoms. The fourth-order valence-electron chi connectivity index (χ4n) is 3.42. The monoisotopic (exact) mass is 386 g/mol. The first-order valence-electron chi connectivity index (χ1n) is 9.45. The molecule has 0 aliphatic heterocycles. The third-order valence-corrected chi connectivity index (χ3v) is 4.82. The van der Waals surface area contributed by atoms with Crippen LogP contribution in [0.25, 0.3) is 22.3 Å². The molecule has 1 N–H and O–H groups in total. The van der Waals surface area contributed by atoms with Gasteiger partial charge in [0, 0.05) is 42.5 Å². The van der Waals surface area contributed by atoms with Gasteiger partial charge in [0.2, 0.25) is 5.91 Å². The number of aryl methyl sites for hydroxylation is 2. The number of amides is 1. The average Bonchev–Trinajstić information content (AvgIpc) is 3.12. The SMILES string of the molecule is COc1ccc(C)cc1NC(=O)CCn1c(-c2ccncc2)cc2cccnc21. The first-order valence-corrected chi connectivity index (χ1v) is 9.45. The third kappa shape index (κ3) is 3.96. The Morgan fingerprint density at radius 1 is 1.10 bits per heavy atom. The number of rotatable bonds is 6. The number of nitrogens with zero attached hydrogens (tertiary/aromatic N) is 3. The van der Waals surface area contributed by atoms with E-state index in [1.54, 1.807) is 25.7 Å². The van der Waals surface area contributed by atoms with Crippen molar-refractivity contribution in [1.29, 1.82) is 0 Å². The van der Waals surface area contributed by atoms with Crippen molar-refractivity contribution in [2.24, 2.45) is 0 Å². The van der Waals surface area contributed by atoms with E-state index >= 15 is 0 Å². The highest BCUT2D eigenvalue weighted by Gasteiger charge is 2.14. The van der Waals surface area contributed by atoms with Crippen LogP contribution in [0.1, 0.15) is 12.0 Å². The third-order valence-electron chi connectivity index (χ3n) is 4.82. The maximum atomic E-state index is 12.7. The lowest BCUT2D eigenvalue weighted by molar-refractivity contribution is -0.116. The molecular weight excluding hydrogens is 364 g/mol. The van der Waals surface area contributed by atoms with E-state index in [-0.39, 0.29) is 5.91 Å². The second-order valence-corrected chi connectivity index (χ2v) is 6.84. The van der Waals surface area contributed by atoms with E-state index in [0.29, 0.717) is 24.4 Å². The van der Waals surface area contributed by atoms with E-state index in [4.69, 9.17) is 4.74 Å². The molecule has 4 rings (SSSR count). The smallest absolute Gasteiger partial charge is 0.226 e. The predicted octanol–water partition coefficient (Wildman–Crippen LogP) is 4.44. The van der Waals surface area contributed by atoms with Crippen LogP contribution in [0.5, 0.6) is 5.75 Å². The number of anilines is 1. The van der Waals surface area contributed by atoms with Crippen LogP contribution in [0.3, 0.4) is 0 Å². The Morgan fingerprint density at radius 3 is 2.72 bits per heavy atom. The van der Waals surface area contributed by atoms with Crippen LogP contribution >= 0.6 is 0 Å². The Morgan fingerprint density at radius 2 is 1.93 bits per heavy atom. The molecule has 0 spiro atoms. The number of nitrogens with one attached hydrogen (secondary N) is 1. The molecule has 0 aliphatic rings. The van der Waals surface area contributed by atoms with Gasteiger partial charge in [-0.05, 0) is 55.0 Å². The molecule has 4 aromatic rings. The molecule has 6 nitrogen and oxygen atoms in total. The van der Waals surface area contributed by atoms with Gasteiger partial charge in [0.15, 0.2) is 0 Å². The summed E-state index contributed by atoms with van der Waals surface area (Å²) in [6, 6.07) is 15.7. The number of hydrogen-bond donors (Lipinski definition) is 1. The van der Waals surface area contributed by atoms with Gasteiger partial charge in [-0.15, -0.1) is 0 Å². The predicted molar refractivity (Wildman–Crippen MR) is 114 cm³/mol. The summed E-state index contributed by atoms with van der Waals surface area (Å²) >= 11 is 0. The second-order valence-electron chi connectivity index (χ2n) is 6.84. The summed E-state index contributed by atoms with van der Waals surface area (Å²) in [6.45, 7) is 2.49. The Balaban J connectivity index is 1.58. The molecule has 0 saturated heterocycles. The number of carbonyl (C=O) groups excluding carboxylic acids is 1. The van der Waals surface area contributed by atoms with Gasteiger partial charge < -0.3 is 14.6 Å². The molecule has 0 fully saturated rings. The molecule has 1 aromatic carbocycles. The van der Waals surface area contributed by atoms with Crippen LogP contribution in [-0.4, -0.2) is 27.6 Å². The standard InChI is InChI=1S/C23H22N4O2/c1-16-5-6-21(29-2)19(14-16)26-22(28)9-13-27-20(17-7-11-24-12-8-17)15-18-4-3-10-25-23(18)27/h3-8,10-12,14-15H,9,13H2,1-2H3,(H,26,28). The summed E-state index contributed by atoms with van der Waals surface area (Å²) in [5.41, 5.74) is 4.66. The Labute approximate surface area is 169 Å². The van der Waals surface area contributed by atoms with Gasteiger partial charge in [-0.3, -0.25) is 9.78 Å². The lowest BCUT2D eigenvalue weighted by Crippen LogP contribution is -2.15. The summed E-state index contributed by atoms with van der Waals surface area (Å²) in [4.78, 5) is 21.3. The van der Waals surface area contributed by atoms with Gasteiger partial charge in [-0.2, -0.15) is 0 Å². The van der Waals surface area contributed by atoms with Gasteiger partial charge in [-0.25, -0.2) is 4.98 Å². The molecule has 0 radical (unpaired) electrons. The maximum Gasteiger partial charge on any atom is 0.226 e. The van der Waals surface area contributed by atoms with Gasteiger partial charge in [0.05, 0.1) is 18.5 Å². The summed E-state index contributed by atoms with van der Waals surface area (Å²) < 4.78 is 7.43. The van der Waals surface area contributed by atoms with Crippen LogP contribution in [0.15, 0.2) is 67.1 Å². The topological polar surface area (TPSA) is 69.0 Å². The Bertz CT molecular complexity index is 1150. The molecule has 0 atom stereocenters. The number of methoxy groups -OCH3 is 1. The molecule has 0 unspecified atom stereocenters. The zero-order valence-corrected chi connectivity index (χ0v) is 16.4. The van der Waals surface area contributed by atoms with E-state index in [9.17, 15) is 4.79 Å². The molecule has 146 valence electrons. The number of hydrogen-bond acceptors (Lipinski definition) is 4. The molecule has 0 aliphatic carbocycles. The van der Waals surface area contributed by atoms with Crippen molar-refractivity contribution in [2.75, 3.05) is 12.4 Å². The largest absolute Gasteiger partial charge is 0.495 e. The van der Waals surface area contributed by atoms with E-state index in [2.05, 4.69) is 25.9 Å². The average molecular weight is 386 g/mol. The highest BCUT2D eigenvalue weighted by molar-refractivity contribution is 5.92. The number of benzene rings is 1. The van der Waals surface area contributed by atoms with Crippen molar-refractivity contribution in [3.8, 4) is 17.0 Å². The zero-order valence-electron chi connectivity index (χ0n) is 16.4. The van der Waals surface area contributed by atoms with Gasteiger partial charge in [0.25, 0.3) is 0 Å². The normalized spacial score (nSPS) is 10.8. The lowest BCUT2D eigenvalue weighted by atomic mass is 10.2. The summed E-state index contributed by atoms with van der Waals surface area (Å²) in [5, 5.41) is 4.01. The first kappa shape index (κ1) is 18.7. The fourth-order valence-corrected chi connectivity index (χ4v) is 3.42. The molecule has 29 heavy (non-hydrogen) atoms. The molecule has 3 aromatic heterocycles. The second kappa shape index (κ2) is 8.14. The summed E-state index contributed by atoms with van der Waals surface area (Å²) in [6.07, 6.45) is 5.62. The molecule has 1 amide bonds. The minimum Gasteiger partial charge on any atom is -0.495 e. The van der Waals surface area contributed by atoms with Crippen LogP contribution in [0.4, 0.5) is 5.69 Å². The number of fused-ring (bicyclic) bond motifs is 1. The number of ether oxygens (including phenoxy) is 1. The Hall–Kier alpha value is -3.67. The molecule has 0 bridgehead atoms. The van der Waals surface area contributed by atoms with Crippen LogP contribution in [0, 0.1) is 6.92 Å². The molecule has 0 saturated carbocycles. The van der Waals surface area contributed by atoms with Crippen molar-refractivity contribution in [3.05, 3.63) is 72.7 Å². The number of aromatic nitrogens is 3. The molecular formula is C23H22N4O2. The quantitative estimate of drug-likeness (QED) is 0.532. The zero-order chi connectivity index (χ0) is 20.2. The number of carbonyl (C=O) groups is 1. The van der Waals surface area contributed by atoms with Crippen molar-refractivity contribution < 1.29 is 9.53 Å². The summed E-state index contributed by atoms with van der Waals surface area (Å²) in [7, 11) is 1.60. The van der Waals surface area contributed by atoms with Crippen LogP contribution in [0.2, 0.25) is 0 Å². The Kier molecular flexibility index (Phi) is 5.24. The minimum absolute atomic E-state index is 0.0765. The van der Waals surface area contributed by atoms with Crippen molar-refractivity contribution >= 4 is 22.6 Å². The van der Waals surface area contributed by atoms with Crippen molar-refractivity contribution in [1.82, 2.24) is 14.5 Å². The first-order chi connectivity index (χ1) is 14.2. The van der Waals surface area contributed by atoms with Crippen LogP contribution < -0.4 is 10.1 Å². The van der Waals surface area contributed by atoms with E-state index in [1.807, 2.05) is 49.4 Å². The lowest BCUT2D eigenvalue weighted by Gasteiger charge is -2.13. The van der Waals surface area contributed by atoms with E-state index in [0.717, 1.165) is 27.9 Å². The van der Waals surface area contributed by atoms with Crippen LogP contribution in [-0.2, 0) is 11.3 Å². The number of pyridine rings is 2.